The largest absolute Gasteiger partial charge is 0.364 e. The van der Waals surface area contributed by atoms with E-state index in [0.717, 1.165) is 0 Å². The third-order valence-electron chi connectivity index (χ3n) is 2.22. The molecule has 0 aliphatic carbocycles. The molecule has 0 saturated heterocycles. The van der Waals surface area contributed by atoms with Gasteiger partial charge in [0.05, 0.1) is 6.04 Å². The van der Waals surface area contributed by atoms with Crippen LogP contribution in [0.4, 0.5) is 0 Å². The van der Waals surface area contributed by atoms with Crippen molar-refractivity contribution in [2.24, 2.45) is 0 Å². The molecule has 1 aromatic heterocycles. The molecule has 0 saturated carbocycles. The second-order valence-electron chi connectivity index (χ2n) is 3.49. The van der Waals surface area contributed by atoms with E-state index in [2.05, 4.69) is 16.2 Å². The fraction of sp³-hybridized carbons (Fsp3) is 0.333. The van der Waals surface area contributed by atoms with Crippen molar-refractivity contribution in [2.75, 3.05) is 0 Å². The average molecular weight is 218 g/mol. The summed E-state index contributed by atoms with van der Waals surface area (Å²) in [7, 11) is 0. The lowest BCUT2D eigenvalue weighted by molar-refractivity contribution is 0.0943. The maximum atomic E-state index is 11.7. The smallest absolute Gasteiger partial charge is 0.257 e. The van der Waals surface area contributed by atoms with Gasteiger partial charge in [-0.2, -0.15) is 0 Å². The van der Waals surface area contributed by atoms with Crippen LogP contribution in [0.3, 0.4) is 0 Å². The van der Waals surface area contributed by atoms with Gasteiger partial charge in [-0.3, -0.25) is 9.59 Å². The zero-order chi connectivity index (χ0) is 12.1. The number of terminal acetylenes is 1. The highest BCUT2D eigenvalue weighted by Crippen LogP contribution is 1.95. The van der Waals surface area contributed by atoms with Crippen LogP contribution >= 0.6 is 0 Å². The molecule has 2 N–H and O–H groups in total. The lowest BCUT2D eigenvalue weighted by Crippen LogP contribution is -2.36. The van der Waals surface area contributed by atoms with Gasteiger partial charge in [0.1, 0.15) is 5.56 Å². The molecule has 84 valence electrons. The number of carbonyl (C=O) groups is 1. The van der Waals surface area contributed by atoms with Crippen molar-refractivity contribution in [1.29, 1.82) is 0 Å². The minimum absolute atomic E-state index is 0.0827. The van der Waals surface area contributed by atoms with Crippen molar-refractivity contribution in [3.63, 3.8) is 0 Å². The highest BCUT2D eigenvalue weighted by molar-refractivity contribution is 5.94. The van der Waals surface area contributed by atoms with Gasteiger partial charge < -0.3 is 10.3 Å². The Kier molecular flexibility index (Phi) is 3.90. The maximum Gasteiger partial charge on any atom is 0.257 e. The molecule has 1 heterocycles. The number of nitrogens with one attached hydrogen (secondary N) is 2. The molecule has 16 heavy (non-hydrogen) atoms. The van der Waals surface area contributed by atoms with Crippen molar-refractivity contribution in [2.45, 2.75) is 26.3 Å². The summed E-state index contributed by atoms with van der Waals surface area (Å²) in [5.74, 6) is 2.00. The molecule has 1 aromatic rings. The molecule has 0 aliphatic rings. The molecule has 4 heteroatoms. The SMILES string of the molecule is C#CC(CC)NC(=O)c1c[nH]c(C)cc1=O. The highest BCUT2D eigenvalue weighted by Gasteiger charge is 2.12. The van der Waals surface area contributed by atoms with Gasteiger partial charge in [-0.05, 0) is 13.3 Å². The second kappa shape index (κ2) is 5.17. The number of H-pyrrole nitrogens is 1. The molecule has 0 fully saturated rings. The summed E-state index contributed by atoms with van der Waals surface area (Å²) in [5, 5.41) is 2.60. The van der Waals surface area contributed by atoms with E-state index in [0.29, 0.717) is 12.1 Å². The summed E-state index contributed by atoms with van der Waals surface area (Å²) < 4.78 is 0. The molecule has 0 aromatic carbocycles. The summed E-state index contributed by atoms with van der Waals surface area (Å²) in [5.41, 5.74) is 0.491. The van der Waals surface area contributed by atoms with Crippen LogP contribution in [0.1, 0.15) is 29.4 Å². The van der Waals surface area contributed by atoms with Crippen LogP contribution in [-0.2, 0) is 0 Å². The predicted molar refractivity (Wildman–Crippen MR) is 62.2 cm³/mol. The number of rotatable bonds is 3. The minimum atomic E-state index is -0.439. The van der Waals surface area contributed by atoms with Crippen LogP contribution in [0.5, 0.6) is 0 Å². The number of carbonyl (C=O) groups excluding carboxylic acids is 1. The Hall–Kier alpha value is -2.02. The summed E-state index contributed by atoms with van der Waals surface area (Å²) in [6.07, 6.45) is 7.25. The van der Waals surface area contributed by atoms with E-state index >= 15 is 0 Å². The first-order chi connectivity index (χ1) is 7.58. The predicted octanol–water partition coefficient (Wildman–Crippen LogP) is 0.825. The molecule has 1 rings (SSSR count). The Labute approximate surface area is 94.1 Å². The third-order valence-corrected chi connectivity index (χ3v) is 2.22. The zero-order valence-corrected chi connectivity index (χ0v) is 9.33. The molecule has 1 amide bonds. The molecular weight excluding hydrogens is 204 g/mol. The minimum Gasteiger partial charge on any atom is -0.364 e. The van der Waals surface area contributed by atoms with Crippen LogP contribution < -0.4 is 10.7 Å². The van der Waals surface area contributed by atoms with Crippen molar-refractivity contribution in [1.82, 2.24) is 10.3 Å². The molecule has 4 nitrogen and oxygen atoms in total. The summed E-state index contributed by atoms with van der Waals surface area (Å²) >= 11 is 0. The quantitative estimate of drug-likeness (QED) is 0.738. The first kappa shape index (κ1) is 12.1. The van der Waals surface area contributed by atoms with Crippen molar-refractivity contribution < 1.29 is 4.79 Å². The topological polar surface area (TPSA) is 62.0 Å². The van der Waals surface area contributed by atoms with E-state index in [1.807, 2.05) is 6.92 Å². The van der Waals surface area contributed by atoms with E-state index in [4.69, 9.17) is 6.42 Å². The van der Waals surface area contributed by atoms with Crippen molar-refractivity contribution in [3.05, 3.63) is 33.7 Å². The van der Waals surface area contributed by atoms with E-state index < -0.39 is 5.91 Å². The second-order valence-corrected chi connectivity index (χ2v) is 3.49. The lowest BCUT2D eigenvalue weighted by atomic mass is 10.2. The van der Waals surface area contributed by atoms with Gasteiger partial charge in [0.15, 0.2) is 5.43 Å². The van der Waals surface area contributed by atoms with Crippen molar-refractivity contribution in [3.8, 4) is 12.3 Å². The summed E-state index contributed by atoms with van der Waals surface area (Å²) in [6.45, 7) is 3.61. The maximum absolute atomic E-state index is 11.7. The molecule has 1 atom stereocenters. The number of aromatic nitrogens is 1. The fourth-order valence-electron chi connectivity index (χ4n) is 1.25. The van der Waals surface area contributed by atoms with Gasteiger partial charge in [0, 0.05) is 18.0 Å². The van der Waals surface area contributed by atoms with E-state index in [1.165, 1.54) is 12.3 Å². The Bertz CT molecular complexity index is 483. The van der Waals surface area contributed by atoms with Gasteiger partial charge in [-0.25, -0.2) is 0 Å². The normalized spacial score (nSPS) is 11.6. The molecule has 1 unspecified atom stereocenters. The van der Waals surface area contributed by atoms with Crippen LogP contribution in [0.15, 0.2) is 17.1 Å². The number of hydrogen-bond acceptors (Lipinski definition) is 2. The number of aryl methyl sites for hydroxylation is 1. The number of aromatic amines is 1. The Morgan fingerprint density at radius 2 is 2.38 bits per heavy atom. The van der Waals surface area contributed by atoms with Gasteiger partial charge in [0.2, 0.25) is 0 Å². The monoisotopic (exact) mass is 218 g/mol. The van der Waals surface area contributed by atoms with Crippen LogP contribution in [-0.4, -0.2) is 16.9 Å². The molecule has 0 aliphatic heterocycles. The fourth-order valence-corrected chi connectivity index (χ4v) is 1.25. The Morgan fingerprint density at radius 1 is 1.69 bits per heavy atom. The third kappa shape index (κ3) is 2.74. The first-order valence-corrected chi connectivity index (χ1v) is 5.04. The number of hydrogen-bond donors (Lipinski definition) is 2. The Morgan fingerprint density at radius 3 is 2.88 bits per heavy atom. The van der Waals surface area contributed by atoms with Gasteiger partial charge in [-0.1, -0.05) is 12.8 Å². The number of amides is 1. The summed E-state index contributed by atoms with van der Waals surface area (Å²) in [6, 6.07) is 1.04. The van der Waals surface area contributed by atoms with Crippen molar-refractivity contribution >= 4 is 5.91 Å². The molecular formula is C12H14N2O2. The van der Waals surface area contributed by atoms with E-state index in [9.17, 15) is 9.59 Å². The standard InChI is InChI=1S/C12H14N2O2/c1-4-9(5-2)14-12(16)10-7-13-8(3)6-11(10)15/h1,6-7,9H,5H2,2-3H3,(H,13,15)(H,14,16). The van der Waals surface area contributed by atoms with Gasteiger partial charge in [-0.15, -0.1) is 6.42 Å². The lowest BCUT2D eigenvalue weighted by Gasteiger charge is -2.10. The van der Waals surface area contributed by atoms with Crippen LogP contribution in [0.25, 0.3) is 0 Å². The average Bonchev–Trinajstić information content (AvgIpc) is 2.25. The Balaban J connectivity index is 2.90. The van der Waals surface area contributed by atoms with E-state index in [-0.39, 0.29) is 17.0 Å². The molecule has 0 radical (unpaired) electrons. The summed E-state index contributed by atoms with van der Waals surface area (Å²) in [4.78, 5) is 26.0. The molecule has 0 bridgehead atoms. The van der Waals surface area contributed by atoms with E-state index in [1.54, 1.807) is 6.92 Å². The van der Waals surface area contributed by atoms with Gasteiger partial charge in [0.25, 0.3) is 5.91 Å². The first-order valence-electron chi connectivity index (χ1n) is 5.04. The number of pyridine rings is 1. The van der Waals surface area contributed by atoms with Crippen LogP contribution in [0.2, 0.25) is 0 Å². The molecule has 0 spiro atoms. The highest BCUT2D eigenvalue weighted by atomic mass is 16.2. The zero-order valence-electron chi connectivity index (χ0n) is 9.33. The van der Waals surface area contributed by atoms with Crippen LogP contribution in [0, 0.1) is 19.3 Å². The van der Waals surface area contributed by atoms with Gasteiger partial charge >= 0.3 is 0 Å².